The van der Waals surface area contributed by atoms with Crippen LogP contribution in [-0.2, 0) is 11.3 Å². The van der Waals surface area contributed by atoms with Crippen molar-refractivity contribution < 1.29 is 13.5 Å². The van der Waals surface area contributed by atoms with Crippen molar-refractivity contribution in [2.75, 3.05) is 59.5 Å². The van der Waals surface area contributed by atoms with Gasteiger partial charge in [0.1, 0.15) is 0 Å². The quantitative estimate of drug-likeness (QED) is 0.310. The Morgan fingerprint density at radius 1 is 1.13 bits per heavy atom. The second kappa shape index (κ2) is 13.5. The summed E-state index contributed by atoms with van der Waals surface area (Å²) in [4.78, 5) is 9.11. The molecule has 2 aliphatic rings. The monoisotopic (exact) mass is 551 g/mol. The molecule has 176 valence electrons. The van der Waals surface area contributed by atoms with Crippen molar-refractivity contribution in [3.8, 4) is 0 Å². The molecule has 2 saturated heterocycles. The lowest BCUT2D eigenvalue weighted by molar-refractivity contribution is 0.0320. The topological polar surface area (TPSA) is 52.1 Å². The zero-order chi connectivity index (χ0) is 21.3. The highest BCUT2D eigenvalue weighted by atomic mass is 127. The van der Waals surface area contributed by atoms with E-state index in [9.17, 15) is 8.78 Å². The molecule has 2 N–H and O–H groups in total. The van der Waals surface area contributed by atoms with Crippen LogP contribution >= 0.6 is 24.0 Å². The van der Waals surface area contributed by atoms with Crippen LogP contribution in [0.15, 0.2) is 23.2 Å². The number of halogens is 3. The lowest BCUT2D eigenvalue weighted by Gasteiger charge is -2.33. The predicted octanol–water partition coefficient (Wildman–Crippen LogP) is 2.68. The van der Waals surface area contributed by atoms with Crippen molar-refractivity contribution in [3.05, 3.63) is 35.4 Å². The van der Waals surface area contributed by atoms with Gasteiger partial charge in [-0.05, 0) is 36.5 Å². The maximum atomic E-state index is 13.4. The van der Waals surface area contributed by atoms with Gasteiger partial charge in [-0.25, -0.2) is 8.78 Å². The fourth-order valence-electron chi connectivity index (χ4n) is 4.08. The third-order valence-electron chi connectivity index (χ3n) is 5.83. The molecule has 6 nitrogen and oxygen atoms in total. The third-order valence-corrected chi connectivity index (χ3v) is 5.83. The highest BCUT2D eigenvalue weighted by Gasteiger charge is 2.21. The summed E-state index contributed by atoms with van der Waals surface area (Å²) in [5.74, 6) is -0.191. The number of hydrogen-bond acceptors (Lipinski definition) is 4. The molecule has 0 spiro atoms. The van der Waals surface area contributed by atoms with E-state index in [1.807, 2.05) is 0 Å². The van der Waals surface area contributed by atoms with Crippen LogP contribution < -0.4 is 10.6 Å². The minimum atomic E-state index is -0.792. The second-order valence-corrected chi connectivity index (χ2v) is 8.41. The van der Waals surface area contributed by atoms with Crippen molar-refractivity contribution in [2.24, 2.45) is 10.9 Å². The van der Waals surface area contributed by atoms with E-state index in [-0.39, 0.29) is 24.0 Å². The van der Waals surface area contributed by atoms with Gasteiger partial charge in [0.2, 0.25) is 0 Å². The number of rotatable bonds is 7. The number of benzene rings is 1. The Balaban J connectivity index is 0.00000341. The van der Waals surface area contributed by atoms with Crippen LogP contribution in [0.25, 0.3) is 0 Å². The average Bonchev–Trinajstić information content (AvgIpc) is 2.75. The van der Waals surface area contributed by atoms with Gasteiger partial charge in [0, 0.05) is 58.9 Å². The molecule has 1 unspecified atom stereocenters. The molecule has 0 bridgehead atoms. The first-order chi connectivity index (χ1) is 14.5. The molecule has 2 heterocycles. The highest BCUT2D eigenvalue weighted by Crippen LogP contribution is 2.16. The first-order valence-corrected chi connectivity index (χ1v) is 11.0. The molecule has 0 amide bonds. The van der Waals surface area contributed by atoms with Gasteiger partial charge in [-0.15, -0.1) is 24.0 Å². The minimum absolute atomic E-state index is 0. The van der Waals surface area contributed by atoms with Gasteiger partial charge < -0.3 is 15.4 Å². The van der Waals surface area contributed by atoms with Crippen LogP contribution in [0.3, 0.4) is 0 Å². The minimum Gasteiger partial charge on any atom is -0.379 e. The Kier molecular flexibility index (Phi) is 11.4. The molecule has 0 aliphatic carbocycles. The van der Waals surface area contributed by atoms with Crippen molar-refractivity contribution in [1.29, 1.82) is 0 Å². The van der Waals surface area contributed by atoms with Gasteiger partial charge in [0.15, 0.2) is 17.6 Å². The summed E-state index contributed by atoms with van der Waals surface area (Å²) < 4.78 is 31.9. The summed E-state index contributed by atoms with van der Waals surface area (Å²) in [7, 11) is 1.81. The van der Waals surface area contributed by atoms with Crippen LogP contribution in [-0.4, -0.2) is 81.3 Å². The number of hydrogen-bond donors (Lipinski definition) is 2. The molecule has 31 heavy (non-hydrogen) atoms. The standard InChI is InChI=1S/C22H35F2N5O.HI/c1-17(15-29-9-11-30-12-10-29)14-26-22(25-2)27-19-5-7-28(8-6-19)16-18-3-4-20(23)21(24)13-18;/h3-4,13,17,19H,5-12,14-16H2,1-2H3,(H2,25,26,27);1H. The number of aliphatic imine (C=N–C) groups is 1. The van der Waals surface area contributed by atoms with E-state index >= 15 is 0 Å². The molecule has 9 heteroatoms. The molecule has 3 rings (SSSR count). The summed E-state index contributed by atoms with van der Waals surface area (Å²) in [6.45, 7) is 10.4. The zero-order valence-electron chi connectivity index (χ0n) is 18.6. The lowest BCUT2D eigenvalue weighted by atomic mass is 10.0. The number of nitrogens with one attached hydrogen (secondary N) is 2. The molecular formula is C22H36F2IN5O. The molecule has 1 atom stereocenters. The number of nitrogens with zero attached hydrogens (tertiary/aromatic N) is 3. The van der Waals surface area contributed by atoms with E-state index in [2.05, 4.69) is 32.3 Å². The van der Waals surface area contributed by atoms with Gasteiger partial charge in [0.05, 0.1) is 13.2 Å². The Morgan fingerprint density at radius 3 is 2.48 bits per heavy atom. The van der Waals surface area contributed by atoms with E-state index in [1.165, 1.54) is 12.1 Å². The normalized spacial score (nSPS) is 20.2. The molecule has 1 aromatic rings. The Labute approximate surface area is 201 Å². The summed E-state index contributed by atoms with van der Waals surface area (Å²) in [6.07, 6.45) is 1.99. The maximum Gasteiger partial charge on any atom is 0.191 e. The van der Waals surface area contributed by atoms with Crippen molar-refractivity contribution in [1.82, 2.24) is 20.4 Å². The SMILES string of the molecule is CN=C(NCC(C)CN1CCOCC1)NC1CCN(Cc2ccc(F)c(F)c2)CC1.I. The van der Waals surface area contributed by atoms with Crippen LogP contribution in [0.4, 0.5) is 8.78 Å². The number of likely N-dealkylation sites (tertiary alicyclic amines) is 1. The summed E-state index contributed by atoms with van der Waals surface area (Å²) in [6, 6.07) is 4.53. The van der Waals surface area contributed by atoms with E-state index in [4.69, 9.17) is 4.74 Å². The zero-order valence-corrected chi connectivity index (χ0v) is 20.9. The van der Waals surface area contributed by atoms with E-state index < -0.39 is 11.6 Å². The molecule has 0 radical (unpaired) electrons. The Bertz CT molecular complexity index is 694. The lowest BCUT2D eigenvalue weighted by Crippen LogP contribution is -2.49. The van der Waals surface area contributed by atoms with Crippen molar-refractivity contribution in [2.45, 2.75) is 32.4 Å². The van der Waals surface area contributed by atoms with Gasteiger partial charge in [0.25, 0.3) is 0 Å². The first kappa shape index (κ1) is 26.2. The summed E-state index contributed by atoms with van der Waals surface area (Å²) >= 11 is 0. The number of guanidine groups is 1. The highest BCUT2D eigenvalue weighted by molar-refractivity contribution is 14.0. The Hall–Kier alpha value is -1.04. The molecule has 2 aliphatic heterocycles. The molecule has 2 fully saturated rings. The smallest absolute Gasteiger partial charge is 0.191 e. The molecule has 0 aromatic heterocycles. The predicted molar refractivity (Wildman–Crippen MR) is 131 cm³/mol. The van der Waals surface area contributed by atoms with Gasteiger partial charge in [-0.2, -0.15) is 0 Å². The van der Waals surface area contributed by atoms with Crippen LogP contribution in [0, 0.1) is 17.6 Å². The second-order valence-electron chi connectivity index (χ2n) is 8.41. The Morgan fingerprint density at radius 2 is 1.84 bits per heavy atom. The van der Waals surface area contributed by atoms with Crippen molar-refractivity contribution >= 4 is 29.9 Å². The summed E-state index contributed by atoms with van der Waals surface area (Å²) in [5, 5.41) is 6.99. The van der Waals surface area contributed by atoms with Crippen LogP contribution in [0.5, 0.6) is 0 Å². The summed E-state index contributed by atoms with van der Waals surface area (Å²) in [5.41, 5.74) is 0.812. The fourth-order valence-corrected chi connectivity index (χ4v) is 4.08. The number of ether oxygens (including phenoxy) is 1. The maximum absolute atomic E-state index is 13.4. The van der Waals surface area contributed by atoms with E-state index in [0.717, 1.165) is 76.8 Å². The molecular weight excluding hydrogens is 515 g/mol. The molecule has 1 aromatic carbocycles. The number of piperidine rings is 1. The van der Waals surface area contributed by atoms with E-state index in [1.54, 1.807) is 13.1 Å². The van der Waals surface area contributed by atoms with Gasteiger partial charge in [-0.1, -0.05) is 13.0 Å². The van der Waals surface area contributed by atoms with Crippen molar-refractivity contribution in [3.63, 3.8) is 0 Å². The first-order valence-electron chi connectivity index (χ1n) is 11.0. The largest absolute Gasteiger partial charge is 0.379 e. The van der Waals surface area contributed by atoms with Gasteiger partial charge >= 0.3 is 0 Å². The van der Waals surface area contributed by atoms with E-state index in [0.29, 0.717) is 18.5 Å². The van der Waals surface area contributed by atoms with Crippen LogP contribution in [0.2, 0.25) is 0 Å². The van der Waals surface area contributed by atoms with Gasteiger partial charge in [-0.3, -0.25) is 14.8 Å². The van der Waals surface area contributed by atoms with Crippen LogP contribution in [0.1, 0.15) is 25.3 Å². The number of morpholine rings is 1. The third kappa shape index (κ3) is 8.78. The fraction of sp³-hybridized carbons (Fsp3) is 0.682. The molecule has 0 saturated carbocycles. The average molecular weight is 551 g/mol.